The Bertz CT molecular complexity index is 465. The largest absolute Gasteiger partial charge is 0.278 e. The van der Waals surface area contributed by atoms with E-state index in [0.717, 1.165) is 11.4 Å². The molecule has 4 heteroatoms. The van der Waals surface area contributed by atoms with E-state index in [2.05, 4.69) is 15.5 Å². The molecule has 0 unspecified atom stereocenters. The van der Waals surface area contributed by atoms with E-state index in [9.17, 15) is 4.39 Å². The lowest BCUT2D eigenvalue weighted by Crippen LogP contribution is -1.92. The molecule has 16 heavy (non-hydrogen) atoms. The molecule has 0 amide bonds. The van der Waals surface area contributed by atoms with Gasteiger partial charge in [0.25, 0.3) is 0 Å². The Morgan fingerprint density at radius 1 is 1.12 bits per heavy atom. The van der Waals surface area contributed by atoms with Crippen LogP contribution in [0, 0.1) is 5.82 Å². The monoisotopic (exact) mass is 215 g/mol. The number of pyridine rings is 1. The maximum absolute atomic E-state index is 12.6. The lowest BCUT2D eigenvalue weighted by Gasteiger charge is -1.98. The van der Waals surface area contributed by atoms with Crippen molar-refractivity contribution in [2.45, 2.75) is 0 Å². The van der Waals surface area contributed by atoms with Gasteiger partial charge in [-0.1, -0.05) is 6.07 Å². The summed E-state index contributed by atoms with van der Waals surface area (Å²) >= 11 is 0. The second-order valence-electron chi connectivity index (χ2n) is 3.13. The summed E-state index contributed by atoms with van der Waals surface area (Å²) < 4.78 is 12.6. The van der Waals surface area contributed by atoms with Crippen molar-refractivity contribution in [1.29, 1.82) is 0 Å². The van der Waals surface area contributed by atoms with Gasteiger partial charge < -0.3 is 0 Å². The Morgan fingerprint density at radius 2 is 1.94 bits per heavy atom. The fourth-order valence-corrected chi connectivity index (χ4v) is 1.15. The van der Waals surface area contributed by atoms with Crippen LogP contribution in [-0.4, -0.2) is 11.2 Å². The van der Waals surface area contributed by atoms with Gasteiger partial charge in [0.1, 0.15) is 5.82 Å². The second kappa shape index (κ2) is 5.02. The number of hydrogen-bond acceptors (Lipinski definition) is 3. The quantitative estimate of drug-likeness (QED) is 0.631. The summed E-state index contributed by atoms with van der Waals surface area (Å²) in [5, 5.41) is 3.98. The van der Waals surface area contributed by atoms with Crippen LogP contribution in [0.25, 0.3) is 0 Å². The fraction of sp³-hybridized carbons (Fsp3) is 0. The number of aromatic nitrogens is 1. The van der Waals surface area contributed by atoms with Crippen LogP contribution in [-0.2, 0) is 0 Å². The van der Waals surface area contributed by atoms with Gasteiger partial charge in [-0.2, -0.15) is 5.10 Å². The molecule has 1 N–H and O–H groups in total. The Labute approximate surface area is 92.7 Å². The van der Waals surface area contributed by atoms with Gasteiger partial charge in [0, 0.05) is 6.20 Å². The molecule has 1 aromatic carbocycles. The number of nitrogens with one attached hydrogen (secondary N) is 1. The predicted molar refractivity (Wildman–Crippen MR) is 61.9 cm³/mol. The zero-order valence-corrected chi connectivity index (χ0v) is 8.47. The predicted octanol–water partition coefficient (Wildman–Crippen LogP) is 2.67. The highest BCUT2D eigenvalue weighted by Crippen LogP contribution is 2.07. The lowest BCUT2D eigenvalue weighted by atomic mass is 10.3. The van der Waals surface area contributed by atoms with Crippen molar-refractivity contribution in [3.8, 4) is 0 Å². The molecule has 0 aliphatic rings. The van der Waals surface area contributed by atoms with Crippen LogP contribution in [0.15, 0.2) is 53.8 Å². The molecule has 3 nitrogen and oxygen atoms in total. The first-order chi connectivity index (χ1) is 7.84. The molecule has 0 radical (unpaired) electrons. The normalized spacial score (nSPS) is 10.6. The molecule has 0 aliphatic heterocycles. The minimum absolute atomic E-state index is 0.265. The van der Waals surface area contributed by atoms with Crippen LogP contribution in [0.3, 0.4) is 0 Å². The average molecular weight is 215 g/mol. The highest BCUT2D eigenvalue weighted by Gasteiger charge is 1.90. The van der Waals surface area contributed by atoms with Crippen molar-refractivity contribution < 1.29 is 4.39 Å². The zero-order chi connectivity index (χ0) is 11.2. The summed E-state index contributed by atoms with van der Waals surface area (Å²) in [6.07, 6.45) is 3.29. The number of rotatable bonds is 3. The third-order valence-corrected chi connectivity index (χ3v) is 1.92. The molecule has 0 spiro atoms. The van der Waals surface area contributed by atoms with Gasteiger partial charge in [-0.3, -0.25) is 10.4 Å². The van der Waals surface area contributed by atoms with E-state index < -0.39 is 0 Å². The van der Waals surface area contributed by atoms with Crippen LogP contribution in [0.5, 0.6) is 0 Å². The van der Waals surface area contributed by atoms with Crippen LogP contribution >= 0.6 is 0 Å². The molecular formula is C12H10FN3. The third kappa shape index (κ3) is 2.88. The van der Waals surface area contributed by atoms with Crippen LogP contribution in [0.2, 0.25) is 0 Å². The number of hydrazone groups is 1. The maximum Gasteiger partial charge on any atom is 0.123 e. The average Bonchev–Trinajstić information content (AvgIpc) is 2.33. The molecule has 1 heterocycles. The first-order valence-corrected chi connectivity index (χ1v) is 4.80. The molecule has 0 aliphatic carbocycles. The lowest BCUT2D eigenvalue weighted by molar-refractivity contribution is 0.628. The summed E-state index contributed by atoms with van der Waals surface area (Å²) in [4.78, 5) is 4.07. The Kier molecular flexibility index (Phi) is 3.23. The highest BCUT2D eigenvalue weighted by atomic mass is 19.1. The number of anilines is 1. The van der Waals surface area contributed by atoms with Gasteiger partial charge >= 0.3 is 0 Å². The summed E-state index contributed by atoms with van der Waals surface area (Å²) in [7, 11) is 0. The van der Waals surface area contributed by atoms with E-state index in [-0.39, 0.29) is 5.82 Å². The van der Waals surface area contributed by atoms with Gasteiger partial charge in [-0.15, -0.1) is 0 Å². The molecule has 80 valence electrons. The Hall–Kier alpha value is -2.23. The molecule has 0 saturated heterocycles. The summed E-state index contributed by atoms with van der Waals surface area (Å²) in [6.45, 7) is 0. The molecule has 2 rings (SSSR count). The van der Waals surface area contributed by atoms with E-state index in [0.29, 0.717) is 0 Å². The molecule has 0 bridgehead atoms. The highest BCUT2D eigenvalue weighted by molar-refractivity contribution is 5.77. The molecule has 0 fully saturated rings. The van der Waals surface area contributed by atoms with Gasteiger partial charge in [0.2, 0.25) is 0 Å². The van der Waals surface area contributed by atoms with Crippen molar-refractivity contribution in [1.82, 2.24) is 4.98 Å². The van der Waals surface area contributed by atoms with E-state index in [1.165, 1.54) is 12.1 Å². The van der Waals surface area contributed by atoms with Crippen LogP contribution in [0.1, 0.15) is 5.69 Å². The van der Waals surface area contributed by atoms with Crippen LogP contribution in [0.4, 0.5) is 10.1 Å². The van der Waals surface area contributed by atoms with Crippen molar-refractivity contribution in [2.24, 2.45) is 5.10 Å². The number of nitrogens with zero attached hydrogens (tertiary/aromatic N) is 2. The van der Waals surface area contributed by atoms with Gasteiger partial charge in [0.15, 0.2) is 0 Å². The number of halogens is 1. The molecule has 1 aromatic heterocycles. The first-order valence-electron chi connectivity index (χ1n) is 4.80. The van der Waals surface area contributed by atoms with E-state index in [4.69, 9.17) is 0 Å². The summed E-state index contributed by atoms with van der Waals surface area (Å²) in [6, 6.07) is 11.5. The SMILES string of the molecule is Fc1ccc(N/N=C/c2ccccn2)cc1. The van der Waals surface area contributed by atoms with Crippen LogP contribution < -0.4 is 5.43 Å². The van der Waals surface area contributed by atoms with E-state index >= 15 is 0 Å². The summed E-state index contributed by atoms with van der Waals surface area (Å²) in [5.41, 5.74) is 4.27. The van der Waals surface area contributed by atoms with Gasteiger partial charge in [0.05, 0.1) is 17.6 Å². The van der Waals surface area contributed by atoms with Crippen molar-refractivity contribution in [3.05, 3.63) is 60.2 Å². The minimum Gasteiger partial charge on any atom is -0.278 e. The topological polar surface area (TPSA) is 37.3 Å². The molecule has 0 atom stereocenters. The molecule has 2 aromatic rings. The van der Waals surface area contributed by atoms with E-state index in [1.54, 1.807) is 24.5 Å². The summed E-state index contributed by atoms with van der Waals surface area (Å²) in [5.74, 6) is -0.265. The third-order valence-electron chi connectivity index (χ3n) is 1.92. The fourth-order valence-electron chi connectivity index (χ4n) is 1.15. The zero-order valence-electron chi connectivity index (χ0n) is 8.47. The first kappa shape index (κ1) is 10.3. The standard InChI is InChI=1S/C12H10FN3/c13-10-4-6-11(7-5-10)16-15-9-12-3-1-2-8-14-12/h1-9,16H/b15-9+. The Morgan fingerprint density at radius 3 is 2.62 bits per heavy atom. The minimum atomic E-state index is -0.265. The second-order valence-corrected chi connectivity index (χ2v) is 3.13. The maximum atomic E-state index is 12.6. The van der Waals surface area contributed by atoms with Gasteiger partial charge in [-0.25, -0.2) is 4.39 Å². The van der Waals surface area contributed by atoms with Crippen molar-refractivity contribution in [2.75, 3.05) is 5.43 Å². The van der Waals surface area contributed by atoms with E-state index in [1.807, 2.05) is 18.2 Å². The van der Waals surface area contributed by atoms with Crippen molar-refractivity contribution in [3.63, 3.8) is 0 Å². The molecule has 0 saturated carbocycles. The number of hydrogen-bond donors (Lipinski definition) is 1. The Balaban J connectivity index is 1.97. The van der Waals surface area contributed by atoms with Crippen molar-refractivity contribution >= 4 is 11.9 Å². The smallest absolute Gasteiger partial charge is 0.123 e. The molecular weight excluding hydrogens is 205 g/mol. The van der Waals surface area contributed by atoms with Gasteiger partial charge in [-0.05, 0) is 36.4 Å². The number of benzene rings is 1.